The second-order valence-corrected chi connectivity index (χ2v) is 4.74. The molecule has 0 bridgehead atoms. The van der Waals surface area contributed by atoms with E-state index in [1.165, 1.54) is 16.8 Å². The van der Waals surface area contributed by atoms with Crippen molar-refractivity contribution in [1.82, 2.24) is 0 Å². The summed E-state index contributed by atoms with van der Waals surface area (Å²) < 4.78 is 5.49. The molecule has 0 aromatic heterocycles. The smallest absolute Gasteiger partial charge is 0.128 e. The molecular weight excluding hydrogens is 210 g/mol. The lowest BCUT2D eigenvalue weighted by atomic mass is 9.98. The molecule has 2 rings (SSSR count). The third-order valence-corrected chi connectivity index (χ3v) is 3.12. The summed E-state index contributed by atoms with van der Waals surface area (Å²) in [6, 6.07) is 4.24. The SMILES string of the molecule is C=C(C)c1cc(OC)c2c(c1)N(C)CC(C)=C2. The summed E-state index contributed by atoms with van der Waals surface area (Å²) in [4.78, 5) is 2.25. The van der Waals surface area contributed by atoms with Crippen LogP contribution in [-0.2, 0) is 0 Å². The van der Waals surface area contributed by atoms with Gasteiger partial charge in [-0.15, -0.1) is 0 Å². The molecule has 90 valence electrons. The molecule has 0 amide bonds. The van der Waals surface area contributed by atoms with E-state index in [2.05, 4.69) is 43.7 Å². The van der Waals surface area contributed by atoms with Crippen molar-refractivity contribution in [3.05, 3.63) is 35.4 Å². The summed E-state index contributed by atoms with van der Waals surface area (Å²) in [5.41, 5.74) is 5.93. The Labute approximate surface area is 103 Å². The van der Waals surface area contributed by atoms with Crippen LogP contribution in [0.5, 0.6) is 5.75 Å². The first-order valence-corrected chi connectivity index (χ1v) is 5.79. The molecule has 0 unspecified atom stereocenters. The van der Waals surface area contributed by atoms with Gasteiger partial charge in [-0.3, -0.25) is 0 Å². The number of allylic oxidation sites excluding steroid dienone is 1. The maximum atomic E-state index is 5.49. The summed E-state index contributed by atoms with van der Waals surface area (Å²) in [6.07, 6.45) is 2.20. The second kappa shape index (κ2) is 4.28. The molecule has 1 aromatic rings. The number of likely N-dealkylation sites (N-methyl/N-ethyl adjacent to an activating group) is 1. The van der Waals surface area contributed by atoms with Gasteiger partial charge in [-0.05, 0) is 37.6 Å². The highest BCUT2D eigenvalue weighted by Gasteiger charge is 2.17. The molecule has 17 heavy (non-hydrogen) atoms. The van der Waals surface area contributed by atoms with Gasteiger partial charge in [-0.2, -0.15) is 0 Å². The van der Waals surface area contributed by atoms with Crippen molar-refractivity contribution in [2.75, 3.05) is 25.6 Å². The van der Waals surface area contributed by atoms with Gasteiger partial charge in [0, 0.05) is 24.8 Å². The molecule has 0 fully saturated rings. The number of rotatable bonds is 2. The molecule has 2 heteroatoms. The Bertz CT molecular complexity index is 500. The number of nitrogens with zero attached hydrogens (tertiary/aromatic N) is 1. The number of hydrogen-bond acceptors (Lipinski definition) is 2. The fourth-order valence-corrected chi connectivity index (χ4v) is 2.24. The summed E-state index contributed by atoms with van der Waals surface area (Å²) >= 11 is 0. The van der Waals surface area contributed by atoms with Gasteiger partial charge in [0.05, 0.1) is 7.11 Å². The van der Waals surface area contributed by atoms with Crippen LogP contribution in [0.3, 0.4) is 0 Å². The Kier molecular flexibility index (Phi) is 2.97. The van der Waals surface area contributed by atoms with Crippen LogP contribution in [0.2, 0.25) is 0 Å². The van der Waals surface area contributed by atoms with Gasteiger partial charge in [0.15, 0.2) is 0 Å². The van der Waals surface area contributed by atoms with E-state index in [1.54, 1.807) is 7.11 Å². The maximum absolute atomic E-state index is 5.49. The van der Waals surface area contributed by atoms with Crippen LogP contribution >= 0.6 is 0 Å². The van der Waals surface area contributed by atoms with Crippen molar-refractivity contribution >= 4 is 17.3 Å². The van der Waals surface area contributed by atoms with E-state index < -0.39 is 0 Å². The number of ether oxygens (including phenoxy) is 1. The lowest BCUT2D eigenvalue weighted by molar-refractivity contribution is 0.413. The van der Waals surface area contributed by atoms with Crippen molar-refractivity contribution in [2.24, 2.45) is 0 Å². The Morgan fingerprint density at radius 1 is 1.41 bits per heavy atom. The fourth-order valence-electron chi connectivity index (χ4n) is 2.24. The largest absolute Gasteiger partial charge is 0.496 e. The van der Waals surface area contributed by atoms with Crippen LogP contribution in [0.15, 0.2) is 24.3 Å². The predicted molar refractivity (Wildman–Crippen MR) is 74.6 cm³/mol. The Hall–Kier alpha value is -1.70. The molecule has 2 nitrogen and oxygen atoms in total. The minimum Gasteiger partial charge on any atom is -0.496 e. The normalized spacial score (nSPS) is 14.1. The highest BCUT2D eigenvalue weighted by Crippen LogP contribution is 2.37. The van der Waals surface area contributed by atoms with E-state index in [4.69, 9.17) is 4.74 Å². The standard InChI is InChI=1S/C15H19NO/c1-10(2)12-7-14-13(15(8-12)17-5)6-11(3)9-16(14)4/h6-8H,1,9H2,2-5H3. The number of hydrogen-bond donors (Lipinski definition) is 0. The zero-order chi connectivity index (χ0) is 12.6. The van der Waals surface area contributed by atoms with Crippen molar-refractivity contribution in [2.45, 2.75) is 13.8 Å². The van der Waals surface area contributed by atoms with Gasteiger partial charge in [-0.1, -0.05) is 17.7 Å². The lowest BCUT2D eigenvalue weighted by Gasteiger charge is -2.28. The Morgan fingerprint density at radius 3 is 2.71 bits per heavy atom. The monoisotopic (exact) mass is 229 g/mol. The Balaban J connectivity index is 2.66. The van der Waals surface area contributed by atoms with Crippen molar-refractivity contribution < 1.29 is 4.74 Å². The fraction of sp³-hybridized carbons (Fsp3) is 0.333. The minimum atomic E-state index is 0.923. The highest BCUT2D eigenvalue weighted by atomic mass is 16.5. The molecule has 1 aliphatic rings. The van der Waals surface area contributed by atoms with E-state index in [-0.39, 0.29) is 0 Å². The van der Waals surface area contributed by atoms with Gasteiger partial charge >= 0.3 is 0 Å². The molecule has 1 aliphatic heterocycles. The molecule has 1 heterocycles. The molecule has 0 saturated carbocycles. The van der Waals surface area contributed by atoms with Gasteiger partial charge < -0.3 is 9.64 Å². The van der Waals surface area contributed by atoms with E-state index in [1.807, 2.05) is 6.92 Å². The van der Waals surface area contributed by atoms with Gasteiger partial charge in [0.25, 0.3) is 0 Å². The molecule has 0 saturated heterocycles. The van der Waals surface area contributed by atoms with Crippen molar-refractivity contribution in [1.29, 1.82) is 0 Å². The maximum Gasteiger partial charge on any atom is 0.128 e. The average Bonchev–Trinajstić information content (AvgIpc) is 2.27. The average molecular weight is 229 g/mol. The molecule has 0 aliphatic carbocycles. The quantitative estimate of drug-likeness (QED) is 0.768. The first kappa shape index (κ1) is 11.8. The van der Waals surface area contributed by atoms with Crippen LogP contribution < -0.4 is 9.64 Å². The molecule has 0 N–H and O–H groups in total. The van der Waals surface area contributed by atoms with Crippen molar-refractivity contribution in [3.63, 3.8) is 0 Å². The third kappa shape index (κ3) is 2.07. The summed E-state index contributed by atoms with van der Waals surface area (Å²) in [6.45, 7) is 9.13. The number of methoxy groups -OCH3 is 1. The Morgan fingerprint density at radius 2 is 2.12 bits per heavy atom. The number of anilines is 1. The second-order valence-electron chi connectivity index (χ2n) is 4.74. The van der Waals surface area contributed by atoms with Crippen LogP contribution in [0.25, 0.3) is 11.6 Å². The first-order valence-electron chi connectivity index (χ1n) is 5.79. The van der Waals surface area contributed by atoms with Gasteiger partial charge in [0.2, 0.25) is 0 Å². The minimum absolute atomic E-state index is 0.923. The molecule has 0 atom stereocenters. The molecule has 1 aromatic carbocycles. The van der Waals surface area contributed by atoms with Gasteiger partial charge in [0.1, 0.15) is 5.75 Å². The zero-order valence-corrected chi connectivity index (χ0v) is 11.0. The molecule has 0 spiro atoms. The zero-order valence-electron chi connectivity index (χ0n) is 11.0. The van der Waals surface area contributed by atoms with Crippen LogP contribution in [0, 0.1) is 0 Å². The highest BCUT2D eigenvalue weighted by molar-refractivity contribution is 5.81. The van der Waals surface area contributed by atoms with E-state index in [0.29, 0.717) is 0 Å². The number of benzene rings is 1. The van der Waals surface area contributed by atoms with Crippen LogP contribution in [0.4, 0.5) is 5.69 Å². The van der Waals surface area contributed by atoms with E-state index >= 15 is 0 Å². The summed E-state index contributed by atoms with van der Waals surface area (Å²) in [5.74, 6) is 0.923. The third-order valence-electron chi connectivity index (χ3n) is 3.12. The topological polar surface area (TPSA) is 12.5 Å². The first-order chi connectivity index (χ1) is 8.02. The van der Waals surface area contributed by atoms with Crippen molar-refractivity contribution in [3.8, 4) is 5.75 Å². The van der Waals surface area contributed by atoms with Gasteiger partial charge in [-0.25, -0.2) is 0 Å². The summed E-state index contributed by atoms with van der Waals surface area (Å²) in [5, 5.41) is 0. The number of fused-ring (bicyclic) bond motifs is 1. The van der Waals surface area contributed by atoms with Crippen LogP contribution in [0.1, 0.15) is 25.0 Å². The molecule has 0 radical (unpaired) electrons. The lowest BCUT2D eigenvalue weighted by Crippen LogP contribution is -2.23. The van der Waals surface area contributed by atoms with Crippen LogP contribution in [-0.4, -0.2) is 20.7 Å². The molecular formula is C15H19NO. The van der Waals surface area contributed by atoms with E-state index in [0.717, 1.165) is 23.4 Å². The predicted octanol–water partition coefficient (Wildman–Crippen LogP) is 3.58. The van der Waals surface area contributed by atoms with E-state index in [9.17, 15) is 0 Å². The summed E-state index contributed by atoms with van der Waals surface area (Å²) in [7, 11) is 3.83.